The fraction of sp³-hybridized carbons (Fsp3) is 1.00. The van der Waals surface area contributed by atoms with Crippen LogP contribution in [0.5, 0.6) is 0 Å². The third-order valence-electron chi connectivity index (χ3n) is 4.24. The van der Waals surface area contributed by atoms with E-state index in [2.05, 4.69) is 31.0 Å². The highest BCUT2D eigenvalue weighted by Crippen LogP contribution is 2.23. The molecule has 17 heavy (non-hydrogen) atoms. The largest absolute Gasteiger partial charge is 0.314 e. The Morgan fingerprint density at radius 1 is 1.18 bits per heavy atom. The van der Waals surface area contributed by atoms with Gasteiger partial charge in [0.25, 0.3) is 0 Å². The first-order valence-electron chi connectivity index (χ1n) is 7.72. The van der Waals surface area contributed by atoms with E-state index in [0.29, 0.717) is 6.04 Å². The minimum Gasteiger partial charge on any atom is -0.314 e. The first-order valence-corrected chi connectivity index (χ1v) is 7.72. The van der Waals surface area contributed by atoms with Crippen molar-refractivity contribution in [1.82, 2.24) is 10.2 Å². The zero-order valence-electron chi connectivity index (χ0n) is 12.2. The normalized spacial score (nSPS) is 19.1. The molecule has 0 bridgehead atoms. The van der Waals surface area contributed by atoms with Crippen molar-refractivity contribution in [3.05, 3.63) is 0 Å². The van der Waals surface area contributed by atoms with E-state index < -0.39 is 0 Å². The lowest BCUT2D eigenvalue weighted by Gasteiger charge is -2.20. The van der Waals surface area contributed by atoms with Gasteiger partial charge in [-0.05, 0) is 64.7 Å². The van der Waals surface area contributed by atoms with Gasteiger partial charge in [0, 0.05) is 6.04 Å². The molecule has 0 aliphatic heterocycles. The van der Waals surface area contributed by atoms with E-state index in [-0.39, 0.29) is 0 Å². The predicted octanol–water partition coefficient (Wildman–Crippen LogP) is 3.28. The van der Waals surface area contributed by atoms with Crippen LogP contribution in [0.2, 0.25) is 0 Å². The Hall–Kier alpha value is -0.0800. The molecule has 0 saturated heterocycles. The van der Waals surface area contributed by atoms with Gasteiger partial charge >= 0.3 is 0 Å². The van der Waals surface area contributed by atoms with Crippen LogP contribution in [0.15, 0.2) is 0 Å². The molecule has 1 rings (SSSR count). The van der Waals surface area contributed by atoms with E-state index in [1.807, 2.05) is 0 Å². The average molecular weight is 240 g/mol. The van der Waals surface area contributed by atoms with E-state index in [9.17, 15) is 0 Å². The number of hydrogen-bond donors (Lipinski definition) is 1. The van der Waals surface area contributed by atoms with E-state index in [0.717, 1.165) is 5.92 Å². The molecule has 0 heterocycles. The Kier molecular flexibility index (Phi) is 7.87. The Labute approximate surface area is 108 Å². The molecule has 0 amide bonds. The minimum atomic E-state index is 0.700. The number of rotatable bonds is 9. The topological polar surface area (TPSA) is 15.3 Å². The van der Waals surface area contributed by atoms with E-state index in [1.54, 1.807) is 0 Å². The molecule has 1 atom stereocenters. The van der Waals surface area contributed by atoms with Gasteiger partial charge in [-0.2, -0.15) is 0 Å². The van der Waals surface area contributed by atoms with Crippen LogP contribution in [-0.4, -0.2) is 37.1 Å². The molecule has 0 aromatic heterocycles. The quantitative estimate of drug-likeness (QED) is 0.665. The molecular weight excluding hydrogens is 208 g/mol. The van der Waals surface area contributed by atoms with Gasteiger partial charge in [0.05, 0.1) is 0 Å². The Balaban J connectivity index is 1.98. The maximum atomic E-state index is 3.72. The standard InChI is InChI=1S/C15H32N2/c1-4-17(5-2)12-8-9-14(3)16-13-15-10-6-7-11-15/h14-16H,4-13H2,1-3H3. The summed E-state index contributed by atoms with van der Waals surface area (Å²) in [7, 11) is 0. The third-order valence-corrected chi connectivity index (χ3v) is 4.24. The molecule has 0 spiro atoms. The van der Waals surface area contributed by atoms with E-state index in [1.165, 1.54) is 64.7 Å². The lowest BCUT2D eigenvalue weighted by molar-refractivity contribution is 0.289. The summed E-state index contributed by atoms with van der Waals surface area (Å²) in [5.74, 6) is 0.972. The van der Waals surface area contributed by atoms with E-state index in [4.69, 9.17) is 0 Å². The number of nitrogens with zero attached hydrogens (tertiary/aromatic N) is 1. The van der Waals surface area contributed by atoms with Crippen molar-refractivity contribution in [1.29, 1.82) is 0 Å². The summed E-state index contributed by atoms with van der Waals surface area (Å²) in [6, 6.07) is 0.700. The molecule has 2 heteroatoms. The van der Waals surface area contributed by atoms with Crippen molar-refractivity contribution in [2.24, 2.45) is 5.92 Å². The minimum absolute atomic E-state index is 0.700. The molecule has 102 valence electrons. The Bertz CT molecular complexity index is 172. The van der Waals surface area contributed by atoms with Gasteiger partial charge in [0.2, 0.25) is 0 Å². The number of hydrogen-bond acceptors (Lipinski definition) is 2. The molecule has 1 saturated carbocycles. The molecule has 1 aliphatic rings. The fourth-order valence-corrected chi connectivity index (χ4v) is 2.85. The zero-order chi connectivity index (χ0) is 12.5. The van der Waals surface area contributed by atoms with Crippen LogP contribution >= 0.6 is 0 Å². The summed E-state index contributed by atoms with van der Waals surface area (Å²) < 4.78 is 0. The second-order valence-electron chi connectivity index (χ2n) is 5.63. The summed E-state index contributed by atoms with van der Waals surface area (Å²) in [5.41, 5.74) is 0. The molecule has 0 radical (unpaired) electrons. The zero-order valence-corrected chi connectivity index (χ0v) is 12.2. The van der Waals surface area contributed by atoms with Gasteiger partial charge in [-0.3, -0.25) is 0 Å². The van der Waals surface area contributed by atoms with Crippen molar-refractivity contribution < 1.29 is 0 Å². The summed E-state index contributed by atoms with van der Waals surface area (Å²) in [6.45, 7) is 11.8. The van der Waals surface area contributed by atoms with Gasteiger partial charge in [-0.15, -0.1) is 0 Å². The molecular formula is C15H32N2. The number of nitrogens with one attached hydrogen (secondary N) is 1. The van der Waals surface area contributed by atoms with Crippen LogP contribution in [0.3, 0.4) is 0 Å². The lowest BCUT2D eigenvalue weighted by atomic mass is 10.1. The van der Waals surface area contributed by atoms with Crippen molar-refractivity contribution in [2.45, 2.75) is 65.3 Å². The van der Waals surface area contributed by atoms with Crippen LogP contribution in [0.4, 0.5) is 0 Å². The molecule has 1 fully saturated rings. The molecule has 0 aromatic rings. The lowest BCUT2D eigenvalue weighted by Crippen LogP contribution is -2.32. The second kappa shape index (κ2) is 8.93. The van der Waals surface area contributed by atoms with Gasteiger partial charge in [0.1, 0.15) is 0 Å². The summed E-state index contributed by atoms with van der Waals surface area (Å²) >= 11 is 0. The first-order chi connectivity index (χ1) is 8.26. The smallest absolute Gasteiger partial charge is 0.00393 e. The highest BCUT2D eigenvalue weighted by Gasteiger charge is 2.15. The van der Waals surface area contributed by atoms with Crippen molar-refractivity contribution in [3.8, 4) is 0 Å². The van der Waals surface area contributed by atoms with Crippen molar-refractivity contribution >= 4 is 0 Å². The van der Waals surface area contributed by atoms with Gasteiger partial charge in [0.15, 0.2) is 0 Å². The SMILES string of the molecule is CCN(CC)CCCC(C)NCC1CCCC1. The van der Waals surface area contributed by atoms with Gasteiger partial charge in [-0.1, -0.05) is 26.7 Å². The predicted molar refractivity (Wildman–Crippen MR) is 76.4 cm³/mol. The van der Waals surface area contributed by atoms with Crippen molar-refractivity contribution in [2.75, 3.05) is 26.2 Å². The Morgan fingerprint density at radius 2 is 1.82 bits per heavy atom. The fourth-order valence-electron chi connectivity index (χ4n) is 2.85. The van der Waals surface area contributed by atoms with Gasteiger partial charge < -0.3 is 10.2 Å². The van der Waals surface area contributed by atoms with Crippen molar-refractivity contribution in [3.63, 3.8) is 0 Å². The average Bonchev–Trinajstić information content (AvgIpc) is 2.85. The highest BCUT2D eigenvalue weighted by atomic mass is 15.1. The van der Waals surface area contributed by atoms with Crippen LogP contribution in [-0.2, 0) is 0 Å². The third kappa shape index (κ3) is 6.42. The molecule has 1 unspecified atom stereocenters. The van der Waals surface area contributed by atoms with Crippen LogP contribution in [0.1, 0.15) is 59.3 Å². The summed E-state index contributed by atoms with van der Waals surface area (Å²) in [4.78, 5) is 2.52. The van der Waals surface area contributed by atoms with Crippen LogP contribution in [0, 0.1) is 5.92 Å². The van der Waals surface area contributed by atoms with Crippen LogP contribution < -0.4 is 5.32 Å². The van der Waals surface area contributed by atoms with Crippen LogP contribution in [0.25, 0.3) is 0 Å². The molecule has 2 nitrogen and oxygen atoms in total. The highest BCUT2D eigenvalue weighted by molar-refractivity contribution is 4.72. The van der Waals surface area contributed by atoms with E-state index >= 15 is 0 Å². The first kappa shape index (κ1) is 15.0. The van der Waals surface area contributed by atoms with Gasteiger partial charge in [-0.25, -0.2) is 0 Å². The molecule has 0 aromatic carbocycles. The maximum absolute atomic E-state index is 3.72. The molecule has 1 aliphatic carbocycles. The Morgan fingerprint density at radius 3 is 2.41 bits per heavy atom. The maximum Gasteiger partial charge on any atom is 0.00393 e. The monoisotopic (exact) mass is 240 g/mol. The molecule has 1 N–H and O–H groups in total. The summed E-state index contributed by atoms with van der Waals surface area (Å²) in [6.07, 6.45) is 8.49. The summed E-state index contributed by atoms with van der Waals surface area (Å²) in [5, 5.41) is 3.72. The second-order valence-corrected chi connectivity index (χ2v) is 5.63.